The molecule has 0 aliphatic carbocycles. The van der Waals surface area contributed by atoms with Gasteiger partial charge in [0.05, 0.1) is 0 Å². The van der Waals surface area contributed by atoms with Crippen LogP contribution in [0.1, 0.15) is 23.3 Å². The number of aliphatic hydroxyl groups excluding tert-OH is 1. The van der Waals surface area contributed by atoms with E-state index in [2.05, 4.69) is 49.4 Å². The van der Waals surface area contributed by atoms with E-state index in [0.717, 1.165) is 6.42 Å². The molecule has 2 rings (SSSR count). The monoisotopic (exact) mass is 258 g/mol. The highest BCUT2D eigenvalue weighted by molar-refractivity contribution is 7.99. The highest BCUT2D eigenvalue weighted by atomic mass is 32.2. The number of benzene rings is 2. The SMILES string of the molecule is CC(Sc1ccccc1)c1ccccc1CCO. The van der Waals surface area contributed by atoms with Gasteiger partial charge in [-0.05, 0) is 36.6 Å². The van der Waals surface area contributed by atoms with Gasteiger partial charge < -0.3 is 5.11 Å². The van der Waals surface area contributed by atoms with Crippen molar-refractivity contribution in [1.82, 2.24) is 0 Å². The molecular weight excluding hydrogens is 240 g/mol. The molecule has 2 aromatic rings. The fourth-order valence-electron chi connectivity index (χ4n) is 2.05. The van der Waals surface area contributed by atoms with Crippen LogP contribution in [0.2, 0.25) is 0 Å². The molecule has 0 heterocycles. The second kappa shape index (κ2) is 6.62. The molecule has 1 N–H and O–H groups in total. The summed E-state index contributed by atoms with van der Waals surface area (Å²) in [4.78, 5) is 1.28. The number of thioether (sulfide) groups is 1. The van der Waals surface area contributed by atoms with E-state index in [0.29, 0.717) is 5.25 Å². The van der Waals surface area contributed by atoms with Crippen molar-refractivity contribution in [3.8, 4) is 0 Å². The Kier molecular flexibility index (Phi) is 4.85. The van der Waals surface area contributed by atoms with E-state index in [-0.39, 0.29) is 6.61 Å². The predicted octanol–water partition coefficient (Wildman–Crippen LogP) is 4.07. The topological polar surface area (TPSA) is 20.2 Å². The van der Waals surface area contributed by atoms with Gasteiger partial charge in [0.15, 0.2) is 0 Å². The van der Waals surface area contributed by atoms with Crippen molar-refractivity contribution < 1.29 is 5.11 Å². The minimum atomic E-state index is 0.208. The van der Waals surface area contributed by atoms with E-state index in [4.69, 9.17) is 5.11 Å². The first kappa shape index (κ1) is 13.2. The number of rotatable bonds is 5. The Bertz CT molecular complexity index is 481. The first-order chi connectivity index (χ1) is 8.81. The van der Waals surface area contributed by atoms with Gasteiger partial charge in [0.2, 0.25) is 0 Å². The summed E-state index contributed by atoms with van der Waals surface area (Å²) in [5.41, 5.74) is 2.57. The summed E-state index contributed by atoms with van der Waals surface area (Å²) >= 11 is 1.86. The highest BCUT2D eigenvalue weighted by Gasteiger charge is 2.11. The Balaban J connectivity index is 2.16. The maximum Gasteiger partial charge on any atom is 0.0471 e. The standard InChI is InChI=1S/C16H18OS/c1-13(18-15-8-3-2-4-9-15)16-10-6-5-7-14(16)11-12-17/h2-10,13,17H,11-12H2,1H3. The van der Waals surface area contributed by atoms with Gasteiger partial charge in [0.1, 0.15) is 0 Å². The zero-order chi connectivity index (χ0) is 12.8. The third-order valence-corrected chi connectivity index (χ3v) is 4.08. The molecule has 1 nitrogen and oxygen atoms in total. The van der Waals surface area contributed by atoms with E-state index in [1.807, 2.05) is 23.9 Å². The average Bonchev–Trinajstić information content (AvgIpc) is 2.41. The smallest absolute Gasteiger partial charge is 0.0471 e. The summed E-state index contributed by atoms with van der Waals surface area (Å²) in [5, 5.41) is 9.51. The lowest BCUT2D eigenvalue weighted by Crippen LogP contribution is -1.99. The lowest BCUT2D eigenvalue weighted by atomic mass is 10.0. The molecule has 0 aliphatic heterocycles. The normalized spacial score (nSPS) is 12.3. The lowest BCUT2D eigenvalue weighted by Gasteiger charge is -2.15. The van der Waals surface area contributed by atoms with Crippen molar-refractivity contribution in [2.24, 2.45) is 0 Å². The van der Waals surface area contributed by atoms with Gasteiger partial charge in [-0.15, -0.1) is 11.8 Å². The summed E-state index contributed by atoms with van der Waals surface area (Å²) < 4.78 is 0. The van der Waals surface area contributed by atoms with Gasteiger partial charge in [0, 0.05) is 16.8 Å². The maximum atomic E-state index is 9.11. The summed E-state index contributed by atoms with van der Waals surface area (Å²) in [6.07, 6.45) is 0.732. The molecule has 0 aliphatic rings. The molecule has 0 bridgehead atoms. The maximum absolute atomic E-state index is 9.11. The Labute approximate surface area is 113 Å². The van der Waals surface area contributed by atoms with Crippen molar-refractivity contribution in [2.75, 3.05) is 6.61 Å². The van der Waals surface area contributed by atoms with E-state index < -0.39 is 0 Å². The van der Waals surface area contributed by atoms with Gasteiger partial charge in [-0.2, -0.15) is 0 Å². The summed E-state index contributed by atoms with van der Waals surface area (Å²) in [7, 11) is 0. The summed E-state index contributed by atoms with van der Waals surface area (Å²) in [6.45, 7) is 2.42. The van der Waals surface area contributed by atoms with E-state index in [1.165, 1.54) is 16.0 Å². The molecule has 0 spiro atoms. The molecule has 1 unspecified atom stereocenters. The molecular formula is C16H18OS. The first-order valence-electron chi connectivity index (χ1n) is 6.21. The van der Waals surface area contributed by atoms with Crippen LogP contribution < -0.4 is 0 Å². The van der Waals surface area contributed by atoms with Crippen LogP contribution in [-0.2, 0) is 6.42 Å². The van der Waals surface area contributed by atoms with Crippen molar-refractivity contribution in [2.45, 2.75) is 23.5 Å². The zero-order valence-electron chi connectivity index (χ0n) is 10.5. The molecule has 2 heteroatoms. The predicted molar refractivity (Wildman–Crippen MR) is 77.9 cm³/mol. The van der Waals surface area contributed by atoms with Crippen LogP contribution in [0.4, 0.5) is 0 Å². The van der Waals surface area contributed by atoms with Crippen molar-refractivity contribution in [3.63, 3.8) is 0 Å². The van der Waals surface area contributed by atoms with Crippen molar-refractivity contribution >= 4 is 11.8 Å². The molecule has 0 saturated heterocycles. The Morgan fingerprint density at radius 3 is 2.39 bits per heavy atom. The molecule has 1 atom stereocenters. The number of hydrogen-bond donors (Lipinski definition) is 1. The molecule has 2 aromatic carbocycles. The molecule has 0 saturated carbocycles. The second-order valence-electron chi connectivity index (χ2n) is 4.25. The minimum Gasteiger partial charge on any atom is -0.396 e. The quantitative estimate of drug-likeness (QED) is 0.816. The van der Waals surface area contributed by atoms with Gasteiger partial charge in [-0.3, -0.25) is 0 Å². The van der Waals surface area contributed by atoms with Crippen LogP contribution in [0.5, 0.6) is 0 Å². The van der Waals surface area contributed by atoms with E-state index in [9.17, 15) is 0 Å². The zero-order valence-corrected chi connectivity index (χ0v) is 11.4. The lowest BCUT2D eigenvalue weighted by molar-refractivity contribution is 0.299. The van der Waals surface area contributed by atoms with Crippen LogP contribution in [0.15, 0.2) is 59.5 Å². The number of hydrogen-bond acceptors (Lipinski definition) is 2. The third kappa shape index (κ3) is 3.37. The summed E-state index contributed by atoms with van der Waals surface area (Å²) in [6, 6.07) is 18.8. The molecule has 0 fully saturated rings. The molecule has 0 amide bonds. The Morgan fingerprint density at radius 2 is 1.67 bits per heavy atom. The largest absolute Gasteiger partial charge is 0.396 e. The van der Waals surface area contributed by atoms with Gasteiger partial charge >= 0.3 is 0 Å². The minimum absolute atomic E-state index is 0.208. The van der Waals surface area contributed by atoms with Gasteiger partial charge in [-0.1, -0.05) is 42.5 Å². The molecule has 94 valence electrons. The van der Waals surface area contributed by atoms with Crippen LogP contribution >= 0.6 is 11.8 Å². The number of aliphatic hydroxyl groups is 1. The first-order valence-corrected chi connectivity index (χ1v) is 7.09. The highest BCUT2D eigenvalue weighted by Crippen LogP contribution is 2.36. The molecule has 18 heavy (non-hydrogen) atoms. The van der Waals surface area contributed by atoms with Crippen molar-refractivity contribution in [1.29, 1.82) is 0 Å². The Hall–Kier alpha value is -1.25. The van der Waals surface area contributed by atoms with Crippen LogP contribution in [-0.4, -0.2) is 11.7 Å². The van der Waals surface area contributed by atoms with Crippen LogP contribution in [0, 0.1) is 0 Å². The van der Waals surface area contributed by atoms with Gasteiger partial charge in [0.25, 0.3) is 0 Å². The van der Waals surface area contributed by atoms with Crippen LogP contribution in [0.3, 0.4) is 0 Å². The fourth-order valence-corrected chi connectivity index (χ4v) is 3.13. The van der Waals surface area contributed by atoms with Crippen molar-refractivity contribution in [3.05, 3.63) is 65.7 Å². The Morgan fingerprint density at radius 1 is 1.00 bits per heavy atom. The fraction of sp³-hybridized carbons (Fsp3) is 0.250. The van der Waals surface area contributed by atoms with E-state index in [1.54, 1.807) is 0 Å². The summed E-state index contributed by atoms with van der Waals surface area (Å²) in [5.74, 6) is 0. The third-order valence-electron chi connectivity index (χ3n) is 2.93. The average molecular weight is 258 g/mol. The second-order valence-corrected chi connectivity index (χ2v) is 5.66. The van der Waals surface area contributed by atoms with E-state index >= 15 is 0 Å². The van der Waals surface area contributed by atoms with Gasteiger partial charge in [-0.25, -0.2) is 0 Å². The molecule has 0 radical (unpaired) electrons. The van der Waals surface area contributed by atoms with Crippen LogP contribution in [0.25, 0.3) is 0 Å². The molecule has 0 aromatic heterocycles.